The van der Waals surface area contributed by atoms with E-state index in [9.17, 15) is 4.79 Å². The molecule has 0 aliphatic carbocycles. The first-order valence-electron chi connectivity index (χ1n) is 7.41. The van der Waals surface area contributed by atoms with E-state index in [1.807, 2.05) is 60.7 Å². The molecule has 0 fully saturated rings. The van der Waals surface area contributed by atoms with Gasteiger partial charge in [-0.25, -0.2) is 0 Å². The Balaban J connectivity index is 1.79. The summed E-state index contributed by atoms with van der Waals surface area (Å²) in [5.41, 5.74) is 5.13. The Hall–Kier alpha value is -2.17. The summed E-state index contributed by atoms with van der Waals surface area (Å²) in [5, 5.41) is 9.00. The number of aliphatic carboxylic acids is 1. The fourth-order valence-corrected chi connectivity index (χ4v) is 2.22. The number of benzene rings is 2. The van der Waals surface area contributed by atoms with Crippen molar-refractivity contribution in [2.24, 2.45) is 0 Å². The summed E-state index contributed by atoms with van der Waals surface area (Å²) in [6.45, 7) is 0.419. The van der Waals surface area contributed by atoms with Gasteiger partial charge in [-0.15, -0.1) is 0 Å². The van der Waals surface area contributed by atoms with Crippen molar-refractivity contribution in [3.63, 3.8) is 0 Å². The zero-order valence-electron chi connectivity index (χ0n) is 12.4. The first-order valence-corrected chi connectivity index (χ1v) is 7.41. The number of nitrogens with one attached hydrogen (secondary N) is 1. The van der Waals surface area contributed by atoms with Gasteiger partial charge in [0.2, 0.25) is 0 Å². The molecule has 0 unspecified atom stereocenters. The first-order chi connectivity index (χ1) is 10.7. The van der Waals surface area contributed by atoms with Crippen LogP contribution in [0.2, 0.25) is 0 Å². The van der Waals surface area contributed by atoms with Crippen molar-refractivity contribution < 1.29 is 14.7 Å². The van der Waals surface area contributed by atoms with Crippen molar-refractivity contribution in [1.29, 1.82) is 0 Å². The molecule has 0 amide bonds. The predicted octanol–water partition coefficient (Wildman–Crippen LogP) is 3.18. The highest BCUT2D eigenvalue weighted by molar-refractivity contribution is 5.67. The third-order valence-electron chi connectivity index (χ3n) is 3.38. The van der Waals surface area contributed by atoms with E-state index in [1.54, 1.807) is 0 Å². The van der Waals surface area contributed by atoms with Gasteiger partial charge in [0, 0.05) is 6.04 Å². The number of carboxylic acid groups (broad SMARTS) is 1. The molecule has 1 atom stereocenters. The Morgan fingerprint density at radius 1 is 1.00 bits per heavy atom. The highest BCUT2D eigenvalue weighted by Gasteiger charge is 2.13. The summed E-state index contributed by atoms with van der Waals surface area (Å²) >= 11 is 0. The van der Waals surface area contributed by atoms with Crippen LogP contribution in [0.4, 0.5) is 0 Å². The molecule has 116 valence electrons. The number of carbonyl (C=O) groups is 1. The topological polar surface area (TPSA) is 58.6 Å². The quantitative estimate of drug-likeness (QED) is 0.698. The van der Waals surface area contributed by atoms with Gasteiger partial charge in [-0.3, -0.25) is 9.63 Å². The zero-order valence-corrected chi connectivity index (χ0v) is 12.4. The van der Waals surface area contributed by atoms with Crippen LogP contribution in [-0.2, 0) is 22.7 Å². The zero-order chi connectivity index (χ0) is 15.6. The van der Waals surface area contributed by atoms with Crippen LogP contribution in [0.5, 0.6) is 0 Å². The number of rotatable bonds is 9. The number of carboxylic acids is 1. The third kappa shape index (κ3) is 6.08. The Morgan fingerprint density at radius 2 is 1.59 bits per heavy atom. The van der Waals surface area contributed by atoms with Gasteiger partial charge in [0.15, 0.2) is 0 Å². The van der Waals surface area contributed by atoms with E-state index in [4.69, 9.17) is 9.94 Å². The van der Waals surface area contributed by atoms with Crippen molar-refractivity contribution in [3.05, 3.63) is 71.8 Å². The molecule has 0 aromatic heterocycles. The number of hydrogen-bond donors (Lipinski definition) is 2. The average molecular weight is 299 g/mol. The van der Waals surface area contributed by atoms with Gasteiger partial charge >= 0.3 is 5.97 Å². The monoisotopic (exact) mass is 299 g/mol. The maximum absolute atomic E-state index is 11.0. The normalized spacial score (nSPS) is 12.0. The van der Waals surface area contributed by atoms with E-state index in [0.29, 0.717) is 13.0 Å². The lowest BCUT2D eigenvalue weighted by molar-refractivity contribution is -0.138. The van der Waals surface area contributed by atoms with Crippen molar-refractivity contribution >= 4 is 5.97 Å². The molecule has 2 rings (SSSR count). The Morgan fingerprint density at radius 3 is 2.18 bits per heavy atom. The smallest absolute Gasteiger partial charge is 0.305 e. The standard InChI is InChI=1S/C18H21NO3/c20-18(21)13-17(12-11-15-7-3-1-4-8-15)19-22-14-16-9-5-2-6-10-16/h1-10,17,19H,11-14H2,(H,20,21)/t17-/m1/s1. The minimum Gasteiger partial charge on any atom is -0.481 e. The maximum atomic E-state index is 11.0. The van der Waals surface area contributed by atoms with E-state index in [2.05, 4.69) is 5.48 Å². The lowest BCUT2D eigenvalue weighted by atomic mass is 10.0. The van der Waals surface area contributed by atoms with Crippen LogP contribution >= 0.6 is 0 Å². The second-order valence-corrected chi connectivity index (χ2v) is 5.21. The van der Waals surface area contributed by atoms with Gasteiger partial charge in [0.05, 0.1) is 13.0 Å². The van der Waals surface area contributed by atoms with Crippen molar-refractivity contribution in [1.82, 2.24) is 5.48 Å². The van der Waals surface area contributed by atoms with Gasteiger partial charge in [0.25, 0.3) is 0 Å². The van der Waals surface area contributed by atoms with E-state index in [1.165, 1.54) is 5.56 Å². The van der Waals surface area contributed by atoms with Crippen molar-refractivity contribution in [3.8, 4) is 0 Å². The van der Waals surface area contributed by atoms with E-state index in [0.717, 1.165) is 12.0 Å². The first kappa shape index (κ1) is 16.2. The molecular formula is C18H21NO3. The van der Waals surface area contributed by atoms with Gasteiger partial charge in [-0.05, 0) is 24.0 Å². The molecule has 22 heavy (non-hydrogen) atoms. The summed E-state index contributed by atoms with van der Waals surface area (Å²) in [6, 6.07) is 19.6. The van der Waals surface area contributed by atoms with Crippen LogP contribution in [0.25, 0.3) is 0 Å². The van der Waals surface area contributed by atoms with Crippen molar-refractivity contribution in [2.75, 3.05) is 0 Å². The van der Waals surface area contributed by atoms with E-state index < -0.39 is 5.97 Å². The fourth-order valence-electron chi connectivity index (χ4n) is 2.22. The maximum Gasteiger partial charge on any atom is 0.305 e. The Kier molecular flexibility index (Phi) is 6.61. The van der Waals surface area contributed by atoms with Gasteiger partial charge in [0.1, 0.15) is 0 Å². The lowest BCUT2D eigenvalue weighted by Crippen LogP contribution is -2.32. The number of hydrogen-bond acceptors (Lipinski definition) is 3. The number of hydroxylamine groups is 1. The fraction of sp³-hybridized carbons (Fsp3) is 0.278. The molecule has 0 saturated heterocycles. The Labute approximate surface area is 130 Å². The molecular weight excluding hydrogens is 278 g/mol. The largest absolute Gasteiger partial charge is 0.481 e. The van der Waals surface area contributed by atoms with Crippen LogP contribution in [0.3, 0.4) is 0 Å². The highest BCUT2D eigenvalue weighted by Crippen LogP contribution is 2.08. The molecule has 2 N–H and O–H groups in total. The second kappa shape index (κ2) is 8.97. The van der Waals surface area contributed by atoms with E-state index in [-0.39, 0.29) is 12.5 Å². The molecule has 0 aliphatic heterocycles. The number of aryl methyl sites for hydroxylation is 1. The van der Waals surface area contributed by atoms with Gasteiger partial charge in [-0.2, -0.15) is 5.48 Å². The van der Waals surface area contributed by atoms with Gasteiger partial charge in [-0.1, -0.05) is 60.7 Å². The minimum atomic E-state index is -0.825. The molecule has 0 saturated carbocycles. The second-order valence-electron chi connectivity index (χ2n) is 5.21. The predicted molar refractivity (Wildman–Crippen MR) is 85.2 cm³/mol. The van der Waals surface area contributed by atoms with Crippen LogP contribution in [0, 0.1) is 0 Å². The SMILES string of the molecule is O=C(O)C[C@@H](CCc1ccccc1)NOCc1ccccc1. The third-order valence-corrected chi connectivity index (χ3v) is 3.38. The van der Waals surface area contributed by atoms with Crippen LogP contribution in [-0.4, -0.2) is 17.1 Å². The molecule has 2 aromatic carbocycles. The van der Waals surface area contributed by atoms with Crippen LogP contribution < -0.4 is 5.48 Å². The molecule has 4 heteroatoms. The lowest BCUT2D eigenvalue weighted by Gasteiger charge is -2.16. The minimum absolute atomic E-state index is 0.0433. The van der Waals surface area contributed by atoms with Crippen LogP contribution in [0.1, 0.15) is 24.0 Å². The average Bonchev–Trinajstić information content (AvgIpc) is 2.54. The van der Waals surface area contributed by atoms with Crippen LogP contribution in [0.15, 0.2) is 60.7 Å². The molecule has 0 radical (unpaired) electrons. The molecule has 0 bridgehead atoms. The molecule has 0 spiro atoms. The summed E-state index contributed by atoms with van der Waals surface area (Å²) in [6.07, 6.45) is 1.58. The molecule has 0 aliphatic rings. The van der Waals surface area contributed by atoms with Gasteiger partial charge < -0.3 is 5.11 Å². The highest BCUT2D eigenvalue weighted by atomic mass is 16.6. The molecule has 0 heterocycles. The summed E-state index contributed by atoms with van der Waals surface area (Å²) < 4.78 is 0. The van der Waals surface area contributed by atoms with Crippen molar-refractivity contribution in [2.45, 2.75) is 31.9 Å². The molecule has 4 nitrogen and oxygen atoms in total. The summed E-state index contributed by atoms with van der Waals surface area (Å²) in [7, 11) is 0. The van der Waals surface area contributed by atoms with E-state index >= 15 is 0 Å². The Bertz CT molecular complexity index is 557. The summed E-state index contributed by atoms with van der Waals surface area (Å²) in [4.78, 5) is 16.4. The summed E-state index contributed by atoms with van der Waals surface area (Å²) in [5.74, 6) is -0.825. The molecule has 2 aromatic rings.